The predicted molar refractivity (Wildman–Crippen MR) is 42.6 cm³/mol. The maximum absolute atomic E-state index is 12.3. The third-order valence-electron chi connectivity index (χ3n) is 1.68. The summed E-state index contributed by atoms with van der Waals surface area (Å²) in [5.74, 6) is 0. The number of aromatic nitrogens is 2. The van der Waals surface area contributed by atoms with Crippen molar-refractivity contribution in [2.45, 2.75) is 12.2 Å². The van der Waals surface area contributed by atoms with Gasteiger partial charge in [0.05, 0.1) is 0 Å². The van der Waals surface area contributed by atoms with Crippen molar-refractivity contribution in [3.63, 3.8) is 0 Å². The molecule has 0 aliphatic heterocycles. The van der Waals surface area contributed by atoms with Gasteiger partial charge in [-0.1, -0.05) is 0 Å². The van der Waals surface area contributed by atoms with Gasteiger partial charge in [0, 0.05) is 18.9 Å². The standard InChI is InChI=1S/C7H8F3N3O/c8-7(9,10)5(4-11)13-3-1-2-12-6(13)14/h1-3,5H,4,11H2. The van der Waals surface area contributed by atoms with Crippen molar-refractivity contribution in [1.82, 2.24) is 9.55 Å². The van der Waals surface area contributed by atoms with E-state index in [-0.39, 0.29) is 0 Å². The molecule has 1 rings (SSSR count). The first-order valence-electron chi connectivity index (χ1n) is 3.76. The fraction of sp³-hybridized carbons (Fsp3) is 0.429. The normalized spacial score (nSPS) is 14.0. The van der Waals surface area contributed by atoms with Crippen molar-refractivity contribution < 1.29 is 13.2 Å². The van der Waals surface area contributed by atoms with Crippen molar-refractivity contribution in [2.24, 2.45) is 5.73 Å². The molecule has 0 amide bonds. The van der Waals surface area contributed by atoms with Crippen molar-refractivity contribution in [1.29, 1.82) is 0 Å². The lowest BCUT2D eigenvalue weighted by Gasteiger charge is -2.19. The molecular weight excluding hydrogens is 199 g/mol. The molecule has 14 heavy (non-hydrogen) atoms. The van der Waals surface area contributed by atoms with Crippen molar-refractivity contribution in [3.05, 3.63) is 28.9 Å². The van der Waals surface area contributed by atoms with Crippen LogP contribution in [0.2, 0.25) is 0 Å². The fourth-order valence-electron chi connectivity index (χ4n) is 1.01. The molecule has 0 spiro atoms. The van der Waals surface area contributed by atoms with Crippen LogP contribution in [0.15, 0.2) is 23.3 Å². The lowest BCUT2D eigenvalue weighted by molar-refractivity contribution is -0.165. The lowest BCUT2D eigenvalue weighted by Crippen LogP contribution is -2.39. The number of alkyl halides is 3. The van der Waals surface area contributed by atoms with Gasteiger partial charge in [-0.25, -0.2) is 9.78 Å². The maximum Gasteiger partial charge on any atom is 0.410 e. The van der Waals surface area contributed by atoms with E-state index in [1.165, 1.54) is 6.07 Å². The quantitative estimate of drug-likeness (QED) is 0.758. The molecule has 7 heteroatoms. The number of nitrogens with zero attached hydrogens (tertiary/aromatic N) is 2. The molecule has 0 aromatic carbocycles. The number of rotatable bonds is 2. The Bertz CT molecular complexity index is 360. The van der Waals surface area contributed by atoms with Gasteiger partial charge in [-0.05, 0) is 6.07 Å². The van der Waals surface area contributed by atoms with Gasteiger partial charge in [0.25, 0.3) is 0 Å². The Labute approximate surface area is 77.2 Å². The summed E-state index contributed by atoms with van der Waals surface area (Å²) in [6, 6.07) is -0.765. The monoisotopic (exact) mass is 207 g/mol. The van der Waals surface area contributed by atoms with E-state index >= 15 is 0 Å². The van der Waals surface area contributed by atoms with Crippen LogP contribution in [0.25, 0.3) is 0 Å². The van der Waals surface area contributed by atoms with Crippen LogP contribution in [0.1, 0.15) is 6.04 Å². The molecule has 1 aromatic heterocycles. The topological polar surface area (TPSA) is 60.9 Å². The Morgan fingerprint density at radius 3 is 2.64 bits per heavy atom. The van der Waals surface area contributed by atoms with Crippen LogP contribution in [0, 0.1) is 0 Å². The summed E-state index contributed by atoms with van der Waals surface area (Å²) in [7, 11) is 0. The summed E-state index contributed by atoms with van der Waals surface area (Å²) in [4.78, 5) is 14.2. The van der Waals surface area contributed by atoms with Gasteiger partial charge in [0.1, 0.15) is 6.04 Å². The van der Waals surface area contributed by atoms with E-state index in [0.717, 1.165) is 12.4 Å². The molecule has 0 aliphatic carbocycles. The molecule has 1 aromatic rings. The van der Waals surface area contributed by atoms with Gasteiger partial charge in [0.2, 0.25) is 0 Å². The predicted octanol–water partition coefficient (Wildman–Crippen LogP) is 0.305. The highest BCUT2D eigenvalue weighted by molar-refractivity contribution is 4.87. The Kier molecular flexibility index (Phi) is 2.90. The summed E-state index contributed by atoms with van der Waals surface area (Å²) in [5, 5.41) is 0. The highest BCUT2D eigenvalue weighted by Gasteiger charge is 2.40. The molecule has 1 heterocycles. The van der Waals surface area contributed by atoms with Crippen molar-refractivity contribution >= 4 is 0 Å². The molecule has 1 atom stereocenters. The summed E-state index contributed by atoms with van der Waals surface area (Å²) >= 11 is 0. The molecule has 78 valence electrons. The highest BCUT2D eigenvalue weighted by atomic mass is 19.4. The first kappa shape index (κ1) is 10.7. The van der Waals surface area contributed by atoms with E-state index in [1.807, 2.05) is 0 Å². The average Bonchev–Trinajstić information content (AvgIpc) is 2.07. The van der Waals surface area contributed by atoms with Crippen LogP contribution in [-0.2, 0) is 0 Å². The van der Waals surface area contributed by atoms with E-state index in [1.54, 1.807) is 0 Å². The zero-order chi connectivity index (χ0) is 10.8. The van der Waals surface area contributed by atoms with E-state index in [0.29, 0.717) is 4.57 Å². The van der Waals surface area contributed by atoms with Gasteiger partial charge < -0.3 is 5.73 Å². The third-order valence-corrected chi connectivity index (χ3v) is 1.68. The third kappa shape index (κ3) is 2.11. The zero-order valence-electron chi connectivity index (χ0n) is 7.03. The Morgan fingerprint density at radius 2 is 2.21 bits per heavy atom. The Morgan fingerprint density at radius 1 is 1.57 bits per heavy atom. The van der Waals surface area contributed by atoms with Gasteiger partial charge >= 0.3 is 11.9 Å². The molecule has 0 saturated carbocycles. The second-order valence-corrected chi connectivity index (χ2v) is 2.60. The molecule has 0 fully saturated rings. The first-order valence-corrected chi connectivity index (χ1v) is 3.76. The van der Waals surface area contributed by atoms with Crippen LogP contribution in [-0.4, -0.2) is 22.3 Å². The summed E-state index contributed by atoms with van der Waals surface area (Å²) in [6.07, 6.45) is -2.40. The van der Waals surface area contributed by atoms with E-state index in [2.05, 4.69) is 4.98 Å². The van der Waals surface area contributed by atoms with E-state index in [4.69, 9.17) is 5.73 Å². The summed E-state index contributed by atoms with van der Waals surface area (Å²) < 4.78 is 37.4. The minimum absolute atomic E-state index is 0.472. The molecule has 1 unspecified atom stereocenters. The van der Waals surface area contributed by atoms with E-state index in [9.17, 15) is 18.0 Å². The van der Waals surface area contributed by atoms with Gasteiger partial charge in [0.15, 0.2) is 0 Å². The molecule has 0 aliphatic rings. The summed E-state index contributed by atoms with van der Waals surface area (Å²) in [6.45, 7) is -0.685. The molecular formula is C7H8F3N3O. The van der Waals surface area contributed by atoms with Crippen LogP contribution in [0.3, 0.4) is 0 Å². The Hall–Kier alpha value is -1.37. The minimum Gasteiger partial charge on any atom is -0.328 e. The second-order valence-electron chi connectivity index (χ2n) is 2.60. The maximum atomic E-state index is 12.3. The lowest BCUT2D eigenvalue weighted by atomic mass is 10.3. The highest BCUT2D eigenvalue weighted by Crippen LogP contribution is 2.28. The number of halogens is 3. The minimum atomic E-state index is -4.54. The van der Waals surface area contributed by atoms with Crippen LogP contribution >= 0.6 is 0 Å². The number of hydrogen-bond acceptors (Lipinski definition) is 3. The van der Waals surface area contributed by atoms with Crippen molar-refractivity contribution in [3.8, 4) is 0 Å². The van der Waals surface area contributed by atoms with Crippen LogP contribution < -0.4 is 11.4 Å². The van der Waals surface area contributed by atoms with Gasteiger partial charge in [-0.15, -0.1) is 0 Å². The van der Waals surface area contributed by atoms with Gasteiger partial charge in [-0.2, -0.15) is 13.2 Å². The summed E-state index contributed by atoms with van der Waals surface area (Å²) in [5.41, 5.74) is 3.99. The molecule has 2 N–H and O–H groups in total. The number of hydrogen-bond donors (Lipinski definition) is 1. The van der Waals surface area contributed by atoms with E-state index < -0.39 is 24.5 Å². The SMILES string of the molecule is NCC(n1cccnc1=O)C(F)(F)F. The smallest absolute Gasteiger partial charge is 0.328 e. The first-order chi connectivity index (χ1) is 6.46. The fourth-order valence-corrected chi connectivity index (χ4v) is 1.01. The van der Waals surface area contributed by atoms with Crippen molar-refractivity contribution in [2.75, 3.05) is 6.54 Å². The molecule has 0 radical (unpaired) electrons. The Balaban J connectivity index is 3.14. The largest absolute Gasteiger partial charge is 0.410 e. The zero-order valence-corrected chi connectivity index (χ0v) is 7.03. The molecule has 4 nitrogen and oxygen atoms in total. The molecule has 0 saturated heterocycles. The second kappa shape index (κ2) is 3.79. The van der Waals surface area contributed by atoms with Crippen LogP contribution in [0.4, 0.5) is 13.2 Å². The van der Waals surface area contributed by atoms with Gasteiger partial charge in [-0.3, -0.25) is 4.57 Å². The van der Waals surface area contributed by atoms with Crippen LogP contribution in [0.5, 0.6) is 0 Å². The molecule has 0 bridgehead atoms. The number of nitrogens with two attached hydrogens (primary N) is 1. The average molecular weight is 207 g/mol.